The van der Waals surface area contributed by atoms with Gasteiger partial charge in [0.15, 0.2) is 0 Å². The van der Waals surface area contributed by atoms with Crippen molar-refractivity contribution >= 4 is 6.29 Å². The summed E-state index contributed by atoms with van der Waals surface area (Å²) in [6, 6.07) is 0. The molecule has 34 valence electrons. The third kappa shape index (κ3) is 3.34. The SMILES string of the molecule is CC(F)=CC=O. The molecule has 0 aliphatic carbocycles. The van der Waals surface area contributed by atoms with Gasteiger partial charge in [-0.15, -0.1) is 0 Å². The van der Waals surface area contributed by atoms with E-state index >= 15 is 0 Å². The van der Waals surface area contributed by atoms with Gasteiger partial charge in [0.2, 0.25) is 0 Å². The van der Waals surface area contributed by atoms with Crippen LogP contribution in [0.5, 0.6) is 0 Å². The van der Waals surface area contributed by atoms with E-state index in [0.29, 0.717) is 6.29 Å². The molecule has 1 nitrogen and oxygen atoms in total. The van der Waals surface area contributed by atoms with Crippen LogP contribution in [0.15, 0.2) is 11.9 Å². The van der Waals surface area contributed by atoms with Crippen LogP contribution in [0, 0.1) is 0 Å². The van der Waals surface area contributed by atoms with E-state index in [1.807, 2.05) is 0 Å². The number of allylic oxidation sites excluding steroid dienone is 2. The van der Waals surface area contributed by atoms with Gasteiger partial charge in [0.25, 0.3) is 0 Å². The van der Waals surface area contributed by atoms with E-state index in [0.717, 1.165) is 6.08 Å². The Morgan fingerprint density at radius 3 is 2.33 bits per heavy atom. The lowest BCUT2D eigenvalue weighted by Gasteiger charge is -1.68. The van der Waals surface area contributed by atoms with Crippen molar-refractivity contribution in [3.05, 3.63) is 11.9 Å². The molecule has 0 saturated carbocycles. The first-order valence-corrected chi connectivity index (χ1v) is 1.55. The lowest BCUT2D eigenvalue weighted by atomic mass is 10.5. The summed E-state index contributed by atoms with van der Waals surface area (Å²) in [6.45, 7) is 1.22. The Bertz CT molecular complexity index is 71.6. The Kier molecular flexibility index (Phi) is 2.29. The number of carbonyl (C=O) groups excluding carboxylic acids is 1. The standard InChI is InChI=1S/C4H5FO/c1-4(5)2-3-6/h2-3H,1H3. The van der Waals surface area contributed by atoms with Gasteiger partial charge < -0.3 is 0 Å². The monoisotopic (exact) mass is 88.0 g/mol. The van der Waals surface area contributed by atoms with Crippen LogP contribution in [0.4, 0.5) is 4.39 Å². The topological polar surface area (TPSA) is 17.1 Å². The highest BCUT2D eigenvalue weighted by atomic mass is 19.1. The predicted octanol–water partition coefficient (Wildman–Crippen LogP) is 1.06. The first kappa shape index (κ1) is 5.34. The maximum Gasteiger partial charge on any atom is 0.145 e. The Balaban J connectivity index is 3.41. The highest BCUT2D eigenvalue weighted by Gasteiger charge is 1.72. The molecule has 0 bridgehead atoms. The quantitative estimate of drug-likeness (QED) is 0.346. The minimum Gasteiger partial charge on any atom is -0.298 e. The van der Waals surface area contributed by atoms with E-state index in [2.05, 4.69) is 0 Å². The van der Waals surface area contributed by atoms with E-state index in [9.17, 15) is 9.18 Å². The van der Waals surface area contributed by atoms with Gasteiger partial charge in [-0.2, -0.15) is 0 Å². The normalized spacial score (nSPS) is 11.3. The minimum atomic E-state index is -0.454. The van der Waals surface area contributed by atoms with Gasteiger partial charge in [0.1, 0.15) is 12.1 Å². The molecule has 0 N–H and O–H groups in total. The molecule has 0 radical (unpaired) electrons. The molecule has 0 saturated heterocycles. The van der Waals surface area contributed by atoms with Crippen LogP contribution in [-0.2, 0) is 4.79 Å². The second-order valence-electron chi connectivity index (χ2n) is 0.890. The second kappa shape index (κ2) is 2.57. The zero-order valence-corrected chi connectivity index (χ0v) is 3.44. The average Bonchev–Trinajstić information content (AvgIpc) is 1.35. The van der Waals surface area contributed by atoms with Crippen LogP contribution < -0.4 is 0 Å². The molecule has 0 aliphatic rings. The lowest BCUT2D eigenvalue weighted by Crippen LogP contribution is -1.60. The Labute approximate surface area is 35.5 Å². The van der Waals surface area contributed by atoms with Crippen LogP contribution in [-0.4, -0.2) is 6.29 Å². The molecular weight excluding hydrogens is 83.0 g/mol. The van der Waals surface area contributed by atoms with Gasteiger partial charge in [-0.05, 0) is 6.92 Å². The molecule has 6 heavy (non-hydrogen) atoms. The summed E-state index contributed by atoms with van der Waals surface area (Å²) in [5, 5.41) is 0. The molecule has 0 aromatic rings. The number of carbonyl (C=O) groups is 1. The molecule has 0 aliphatic heterocycles. The van der Waals surface area contributed by atoms with E-state index < -0.39 is 5.83 Å². The van der Waals surface area contributed by atoms with Crippen LogP contribution >= 0.6 is 0 Å². The summed E-state index contributed by atoms with van der Waals surface area (Å²) in [7, 11) is 0. The van der Waals surface area contributed by atoms with Gasteiger partial charge in [-0.1, -0.05) is 0 Å². The number of rotatable bonds is 1. The molecule has 0 spiro atoms. The zero-order valence-electron chi connectivity index (χ0n) is 3.44. The third-order valence-electron chi connectivity index (χ3n) is 0.298. The Hall–Kier alpha value is -0.660. The molecule has 0 aromatic carbocycles. The van der Waals surface area contributed by atoms with Crippen molar-refractivity contribution in [1.82, 2.24) is 0 Å². The van der Waals surface area contributed by atoms with Gasteiger partial charge >= 0.3 is 0 Å². The van der Waals surface area contributed by atoms with Crippen LogP contribution in [0.3, 0.4) is 0 Å². The fourth-order valence-corrected chi connectivity index (χ4v) is 0.0938. The van der Waals surface area contributed by atoms with Crippen molar-refractivity contribution in [3.63, 3.8) is 0 Å². The van der Waals surface area contributed by atoms with E-state index in [-0.39, 0.29) is 0 Å². The molecule has 2 heteroatoms. The van der Waals surface area contributed by atoms with Gasteiger partial charge in [-0.25, -0.2) is 4.39 Å². The number of halogens is 1. The minimum absolute atomic E-state index is 0.412. The predicted molar refractivity (Wildman–Crippen MR) is 20.9 cm³/mol. The maximum absolute atomic E-state index is 11.3. The first-order chi connectivity index (χ1) is 2.77. The fraction of sp³-hybridized carbons (Fsp3) is 0.250. The summed E-state index contributed by atoms with van der Waals surface area (Å²) in [5.74, 6) is -0.454. The molecule has 0 heterocycles. The third-order valence-corrected chi connectivity index (χ3v) is 0.298. The molecule has 0 aromatic heterocycles. The maximum atomic E-state index is 11.3. The zero-order chi connectivity index (χ0) is 4.99. The molecule has 0 rings (SSSR count). The summed E-state index contributed by atoms with van der Waals surface area (Å²) < 4.78 is 11.3. The molecular formula is C4H5FO. The van der Waals surface area contributed by atoms with E-state index in [1.165, 1.54) is 6.92 Å². The smallest absolute Gasteiger partial charge is 0.145 e. The van der Waals surface area contributed by atoms with Crippen molar-refractivity contribution in [2.24, 2.45) is 0 Å². The van der Waals surface area contributed by atoms with Crippen LogP contribution in [0.1, 0.15) is 6.92 Å². The second-order valence-corrected chi connectivity index (χ2v) is 0.890. The van der Waals surface area contributed by atoms with Crippen molar-refractivity contribution in [2.45, 2.75) is 6.92 Å². The van der Waals surface area contributed by atoms with Crippen LogP contribution in [0.2, 0.25) is 0 Å². The molecule has 0 fully saturated rings. The Morgan fingerprint density at radius 2 is 2.33 bits per heavy atom. The van der Waals surface area contributed by atoms with Crippen molar-refractivity contribution in [2.75, 3.05) is 0 Å². The van der Waals surface area contributed by atoms with Gasteiger partial charge in [-0.3, -0.25) is 4.79 Å². The summed E-state index contributed by atoms with van der Waals surface area (Å²) in [6.07, 6.45) is 1.27. The molecule has 0 unspecified atom stereocenters. The lowest BCUT2D eigenvalue weighted by molar-refractivity contribution is -0.104. The molecule has 0 atom stereocenters. The molecule has 0 amide bonds. The van der Waals surface area contributed by atoms with Crippen molar-refractivity contribution in [1.29, 1.82) is 0 Å². The van der Waals surface area contributed by atoms with Crippen molar-refractivity contribution < 1.29 is 9.18 Å². The fourth-order valence-electron chi connectivity index (χ4n) is 0.0938. The number of hydrogen-bond acceptors (Lipinski definition) is 1. The first-order valence-electron chi connectivity index (χ1n) is 1.55. The highest BCUT2D eigenvalue weighted by Crippen LogP contribution is 1.86. The average molecular weight is 88.1 g/mol. The number of aldehydes is 1. The number of hydrogen-bond donors (Lipinski definition) is 0. The Morgan fingerprint density at radius 1 is 1.83 bits per heavy atom. The van der Waals surface area contributed by atoms with Gasteiger partial charge in [0.05, 0.1) is 0 Å². The largest absolute Gasteiger partial charge is 0.298 e. The van der Waals surface area contributed by atoms with Crippen LogP contribution in [0.25, 0.3) is 0 Å². The van der Waals surface area contributed by atoms with E-state index in [1.54, 1.807) is 0 Å². The van der Waals surface area contributed by atoms with E-state index in [4.69, 9.17) is 0 Å². The summed E-state index contributed by atoms with van der Waals surface area (Å²) in [5.41, 5.74) is 0. The van der Waals surface area contributed by atoms with Gasteiger partial charge in [0, 0.05) is 6.08 Å². The van der Waals surface area contributed by atoms with Crippen molar-refractivity contribution in [3.8, 4) is 0 Å². The summed E-state index contributed by atoms with van der Waals surface area (Å²) in [4.78, 5) is 9.30. The summed E-state index contributed by atoms with van der Waals surface area (Å²) >= 11 is 0. The highest BCUT2D eigenvalue weighted by molar-refractivity contribution is 5.65.